The normalized spacial score (nSPS) is 12.8. The third-order valence-corrected chi connectivity index (χ3v) is 4.34. The monoisotopic (exact) mass is 372 g/mol. The fourth-order valence-electron chi connectivity index (χ4n) is 2.43. The summed E-state index contributed by atoms with van der Waals surface area (Å²) in [6, 6.07) is 7.09. The lowest BCUT2D eigenvalue weighted by molar-refractivity contribution is -0.141. The third kappa shape index (κ3) is 10.2. The van der Waals surface area contributed by atoms with Crippen LogP contribution in [0.5, 0.6) is 5.75 Å². The molecular weight excluding hydrogens is 344 g/mol. The summed E-state index contributed by atoms with van der Waals surface area (Å²) in [5.41, 5.74) is 1.16. The molecule has 1 aromatic rings. The Morgan fingerprint density at radius 3 is 2.16 bits per heavy atom. The lowest BCUT2D eigenvalue weighted by Crippen LogP contribution is -2.28. The van der Waals surface area contributed by atoms with Crippen molar-refractivity contribution in [3.8, 4) is 5.75 Å². The summed E-state index contributed by atoms with van der Waals surface area (Å²) < 4.78 is 38.8. The van der Waals surface area contributed by atoms with Crippen molar-refractivity contribution < 1.29 is 26.7 Å². The van der Waals surface area contributed by atoms with Crippen molar-refractivity contribution in [2.24, 2.45) is 0 Å². The summed E-state index contributed by atoms with van der Waals surface area (Å²) in [5, 5.41) is 0. The number of rotatable bonds is 12. The molecule has 0 aliphatic rings. The summed E-state index contributed by atoms with van der Waals surface area (Å²) >= 11 is 0. The van der Waals surface area contributed by atoms with Crippen molar-refractivity contribution in [1.82, 2.24) is 0 Å². The van der Waals surface area contributed by atoms with Crippen LogP contribution in [-0.4, -0.2) is 25.0 Å². The van der Waals surface area contributed by atoms with Gasteiger partial charge in [-0.15, -0.1) is 0 Å². The zero-order valence-electron chi connectivity index (χ0n) is 14.9. The molecule has 7 heteroatoms. The van der Waals surface area contributed by atoms with E-state index in [1.807, 2.05) is 12.1 Å². The minimum absolute atomic E-state index is 0.305. The average Bonchev–Trinajstić information content (AvgIpc) is 2.54. The topological polar surface area (TPSA) is 89.9 Å². The predicted octanol–water partition coefficient (Wildman–Crippen LogP) is 4.09. The Kier molecular flexibility index (Phi) is 9.70. The van der Waals surface area contributed by atoms with Crippen molar-refractivity contribution in [2.75, 3.05) is 0 Å². The Bertz CT molecular complexity index is 609. The van der Waals surface area contributed by atoms with Gasteiger partial charge in [0.05, 0.1) is 0 Å². The second-order valence-corrected chi connectivity index (χ2v) is 7.15. The van der Waals surface area contributed by atoms with Crippen LogP contribution in [-0.2, 0) is 25.8 Å². The van der Waals surface area contributed by atoms with Crippen LogP contribution in [0.4, 0.5) is 0 Å². The summed E-state index contributed by atoms with van der Waals surface area (Å²) in [5.74, 6) is -0.587. The molecule has 0 aromatic heterocycles. The Labute approximate surface area is 150 Å². The molecule has 0 aliphatic heterocycles. The van der Waals surface area contributed by atoms with E-state index in [9.17, 15) is 13.2 Å². The van der Waals surface area contributed by atoms with Gasteiger partial charge in [0.1, 0.15) is 5.75 Å². The summed E-state index contributed by atoms with van der Waals surface area (Å²) in [6.07, 6.45) is 8.36. The summed E-state index contributed by atoms with van der Waals surface area (Å²) in [4.78, 5) is 11.7. The fraction of sp³-hybridized carbons (Fsp3) is 0.611. The SMILES string of the molecule is CCCCCCCCCc1ccc(OC(=O)C(C)OS(=O)(=O)O)cc1. The van der Waals surface area contributed by atoms with Crippen LogP contribution in [0.25, 0.3) is 0 Å². The first-order chi connectivity index (χ1) is 11.8. The Balaban J connectivity index is 2.32. The van der Waals surface area contributed by atoms with Gasteiger partial charge in [-0.2, -0.15) is 8.42 Å². The van der Waals surface area contributed by atoms with Crippen molar-refractivity contribution in [3.63, 3.8) is 0 Å². The van der Waals surface area contributed by atoms with E-state index in [-0.39, 0.29) is 0 Å². The van der Waals surface area contributed by atoms with Crippen LogP contribution >= 0.6 is 0 Å². The number of hydrogen-bond donors (Lipinski definition) is 1. The van der Waals surface area contributed by atoms with Crippen molar-refractivity contribution in [3.05, 3.63) is 29.8 Å². The number of benzene rings is 1. The molecule has 0 saturated heterocycles. The van der Waals surface area contributed by atoms with Crippen LogP contribution in [0.2, 0.25) is 0 Å². The van der Waals surface area contributed by atoms with Crippen LogP contribution in [0.15, 0.2) is 24.3 Å². The van der Waals surface area contributed by atoms with Crippen LogP contribution in [0, 0.1) is 0 Å². The second-order valence-electron chi connectivity index (χ2n) is 6.10. The molecule has 0 heterocycles. The summed E-state index contributed by atoms with van der Waals surface area (Å²) in [6.45, 7) is 3.40. The number of unbranched alkanes of at least 4 members (excludes halogenated alkanes) is 6. The molecule has 0 bridgehead atoms. The predicted molar refractivity (Wildman–Crippen MR) is 95.9 cm³/mol. The van der Waals surface area contributed by atoms with Gasteiger partial charge in [-0.1, -0.05) is 57.6 Å². The molecule has 0 amide bonds. The zero-order valence-corrected chi connectivity index (χ0v) is 15.8. The maximum atomic E-state index is 11.7. The molecule has 0 spiro atoms. The molecule has 142 valence electrons. The largest absolute Gasteiger partial charge is 0.425 e. The molecule has 25 heavy (non-hydrogen) atoms. The molecule has 1 aromatic carbocycles. The second kappa shape index (κ2) is 11.2. The molecule has 0 aliphatic carbocycles. The van der Waals surface area contributed by atoms with Gasteiger partial charge in [0.15, 0.2) is 6.10 Å². The van der Waals surface area contributed by atoms with Gasteiger partial charge in [0.25, 0.3) is 0 Å². The molecule has 1 atom stereocenters. The van der Waals surface area contributed by atoms with Gasteiger partial charge in [-0.05, 0) is 37.5 Å². The summed E-state index contributed by atoms with van der Waals surface area (Å²) in [7, 11) is -4.69. The number of esters is 1. The van der Waals surface area contributed by atoms with Gasteiger partial charge in [-0.25, -0.2) is 8.98 Å². The van der Waals surface area contributed by atoms with Crippen molar-refractivity contribution in [1.29, 1.82) is 0 Å². The maximum Gasteiger partial charge on any atom is 0.398 e. The van der Waals surface area contributed by atoms with E-state index in [0.29, 0.717) is 5.75 Å². The van der Waals surface area contributed by atoms with Gasteiger partial charge in [0, 0.05) is 0 Å². The number of carbonyl (C=O) groups excluding carboxylic acids is 1. The number of hydrogen-bond acceptors (Lipinski definition) is 5. The van der Waals surface area contributed by atoms with Gasteiger partial charge in [-0.3, -0.25) is 4.55 Å². The van der Waals surface area contributed by atoms with Crippen LogP contribution in [0.3, 0.4) is 0 Å². The molecule has 0 saturated carbocycles. The highest BCUT2D eigenvalue weighted by Gasteiger charge is 2.22. The Morgan fingerprint density at radius 1 is 1.04 bits per heavy atom. The Morgan fingerprint density at radius 2 is 1.60 bits per heavy atom. The minimum atomic E-state index is -4.69. The highest BCUT2D eigenvalue weighted by atomic mass is 32.3. The van der Waals surface area contributed by atoms with Crippen molar-refractivity contribution in [2.45, 2.75) is 71.3 Å². The molecular formula is C18H28O6S. The average molecular weight is 372 g/mol. The van der Waals surface area contributed by atoms with E-state index in [2.05, 4.69) is 11.1 Å². The number of carbonyl (C=O) groups is 1. The highest BCUT2D eigenvalue weighted by Crippen LogP contribution is 2.16. The molecule has 1 N–H and O–H groups in total. The molecule has 1 unspecified atom stereocenters. The van der Waals surface area contributed by atoms with E-state index in [0.717, 1.165) is 18.4 Å². The standard InChI is InChI=1S/C18H28O6S/c1-3-4-5-6-7-8-9-10-16-11-13-17(14-12-16)23-18(19)15(2)24-25(20,21)22/h11-15H,3-10H2,1-2H3,(H,20,21,22). The van der Waals surface area contributed by atoms with E-state index in [1.165, 1.54) is 45.4 Å². The molecule has 6 nitrogen and oxygen atoms in total. The first-order valence-electron chi connectivity index (χ1n) is 8.78. The molecule has 0 radical (unpaired) electrons. The first-order valence-corrected chi connectivity index (χ1v) is 10.1. The number of ether oxygens (including phenoxy) is 1. The quantitative estimate of drug-likeness (QED) is 0.257. The van der Waals surface area contributed by atoms with Crippen LogP contribution in [0.1, 0.15) is 64.4 Å². The Hall–Kier alpha value is -1.44. The maximum absolute atomic E-state index is 11.7. The lowest BCUT2D eigenvalue weighted by atomic mass is 10.0. The zero-order chi connectivity index (χ0) is 18.7. The minimum Gasteiger partial charge on any atom is -0.425 e. The van der Waals surface area contributed by atoms with Gasteiger partial charge in [0.2, 0.25) is 0 Å². The smallest absolute Gasteiger partial charge is 0.398 e. The van der Waals surface area contributed by atoms with Crippen molar-refractivity contribution >= 4 is 16.4 Å². The van der Waals surface area contributed by atoms with E-state index >= 15 is 0 Å². The highest BCUT2D eigenvalue weighted by molar-refractivity contribution is 7.80. The molecule has 1 rings (SSSR count). The van der Waals surface area contributed by atoms with E-state index in [1.54, 1.807) is 12.1 Å². The van der Waals surface area contributed by atoms with E-state index in [4.69, 9.17) is 9.29 Å². The van der Waals surface area contributed by atoms with Crippen LogP contribution < -0.4 is 4.74 Å². The van der Waals surface area contributed by atoms with E-state index < -0.39 is 22.5 Å². The number of aryl methyl sites for hydroxylation is 1. The van der Waals surface area contributed by atoms with Gasteiger partial charge >= 0.3 is 16.4 Å². The van der Waals surface area contributed by atoms with Gasteiger partial charge < -0.3 is 4.74 Å². The lowest BCUT2D eigenvalue weighted by Gasteiger charge is -2.10. The molecule has 0 fully saturated rings. The first kappa shape index (κ1) is 21.6. The third-order valence-electron chi connectivity index (χ3n) is 3.81. The fourth-order valence-corrected chi connectivity index (χ4v) is 2.87.